The van der Waals surface area contributed by atoms with E-state index in [-0.39, 0.29) is 11.9 Å². The van der Waals surface area contributed by atoms with Gasteiger partial charge in [0.25, 0.3) is 0 Å². The number of anilines is 1. The lowest BCUT2D eigenvalue weighted by molar-refractivity contribution is -0.128. The molecular weight excluding hydrogens is 344 g/mol. The van der Waals surface area contributed by atoms with Crippen molar-refractivity contribution in [3.05, 3.63) is 46.9 Å². The quantitative estimate of drug-likeness (QED) is 0.869. The number of carbonyl (C=O) groups is 1. The summed E-state index contributed by atoms with van der Waals surface area (Å²) < 4.78 is 11.0. The molecule has 2 aliphatic heterocycles. The van der Waals surface area contributed by atoms with Gasteiger partial charge in [-0.15, -0.1) is 0 Å². The monoisotopic (exact) mass is 368 g/mol. The van der Waals surface area contributed by atoms with Gasteiger partial charge in [-0.2, -0.15) is 0 Å². The molecule has 0 unspecified atom stereocenters. The molecule has 0 saturated carbocycles. The average Bonchev–Trinajstić information content (AvgIpc) is 2.88. The highest BCUT2D eigenvalue weighted by Crippen LogP contribution is 2.31. The highest BCUT2D eigenvalue weighted by molar-refractivity contribution is 5.80. The van der Waals surface area contributed by atoms with Crippen molar-refractivity contribution in [2.24, 2.45) is 0 Å². The summed E-state index contributed by atoms with van der Waals surface area (Å²) >= 11 is 0. The van der Waals surface area contributed by atoms with Crippen LogP contribution in [0.25, 0.3) is 0 Å². The van der Waals surface area contributed by atoms with Crippen LogP contribution in [0.15, 0.2) is 24.3 Å². The number of hydrogen-bond donors (Lipinski definition) is 1. The number of amides is 1. The Bertz CT molecular complexity index is 855. The molecule has 142 valence electrons. The number of carbonyl (C=O) groups excluding carboxylic acids is 1. The molecule has 7 heteroatoms. The topological polar surface area (TPSA) is 76.6 Å². The maximum atomic E-state index is 12.2. The Balaban J connectivity index is 1.58. The summed E-state index contributed by atoms with van der Waals surface area (Å²) in [5, 5.41) is 3.50. The third-order valence-corrected chi connectivity index (χ3v) is 5.03. The Morgan fingerprint density at radius 3 is 3.04 bits per heavy atom. The number of para-hydroxylation sites is 1. The maximum absolute atomic E-state index is 12.2. The van der Waals surface area contributed by atoms with Gasteiger partial charge in [0, 0.05) is 38.6 Å². The molecule has 1 aromatic carbocycles. The Morgan fingerprint density at radius 1 is 1.33 bits per heavy atom. The van der Waals surface area contributed by atoms with Crippen LogP contribution < -0.4 is 10.1 Å². The summed E-state index contributed by atoms with van der Waals surface area (Å²) in [6, 6.07) is 8.08. The van der Waals surface area contributed by atoms with E-state index in [2.05, 4.69) is 21.4 Å². The van der Waals surface area contributed by atoms with Gasteiger partial charge in [0.05, 0.1) is 18.3 Å². The SMILES string of the molecule is COCCN1C[C@@H](Nc2nc(C)nc3c2Cc2ccccc2OC3)CC1=O. The average molecular weight is 368 g/mol. The molecule has 3 heterocycles. The summed E-state index contributed by atoms with van der Waals surface area (Å²) in [5.74, 6) is 2.55. The Kier molecular flexibility index (Phi) is 4.94. The van der Waals surface area contributed by atoms with Crippen molar-refractivity contribution in [2.75, 3.05) is 32.1 Å². The normalized spacial score (nSPS) is 18.5. The fourth-order valence-corrected chi connectivity index (χ4v) is 3.69. The van der Waals surface area contributed by atoms with E-state index in [1.54, 1.807) is 7.11 Å². The van der Waals surface area contributed by atoms with Gasteiger partial charge >= 0.3 is 0 Å². The minimum absolute atomic E-state index is 0.0344. The lowest BCUT2D eigenvalue weighted by Gasteiger charge is -2.19. The molecule has 0 aliphatic carbocycles. The predicted molar refractivity (Wildman–Crippen MR) is 101 cm³/mol. The first kappa shape index (κ1) is 17.7. The van der Waals surface area contributed by atoms with Crippen LogP contribution in [0.1, 0.15) is 29.1 Å². The molecule has 1 fully saturated rings. The zero-order valence-corrected chi connectivity index (χ0v) is 15.7. The number of likely N-dealkylation sites (tertiary alicyclic amines) is 1. The maximum Gasteiger partial charge on any atom is 0.224 e. The van der Waals surface area contributed by atoms with E-state index in [4.69, 9.17) is 9.47 Å². The van der Waals surface area contributed by atoms with Crippen LogP contribution in [0.5, 0.6) is 5.75 Å². The van der Waals surface area contributed by atoms with E-state index in [1.807, 2.05) is 30.0 Å². The van der Waals surface area contributed by atoms with E-state index >= 15 is 0 Å². The summed E-state index contributed by atoms with van der Waals surface area (Å²) in [4.78, 5) is 23.3. The van der Waals surface area contributed by atoms with Gasteiger partial charge in [0.1, 0.15) is 24.0 Å². The first-order chi connectivity index (χ1) is 13.1. The van der Waals surface area contributed by atoms with E-state index in [1.165, 1.54) is 0 Å². The highest BCUT2D eigenvalue weighted by Gasteiger charge is 2.30. The molecule has 0 radical (unpaired) electrons. The van der Waals surface area contributed by atoms with E-state index in [0.717, 1.165) is 28.4 Å². The fraction of sp³-hybridized carbons (Fsp3) is 0.450. The van der Waals surface area contributed by atoms with Crippen LogP contribution in [0, 0.1) is 6.92 Å². The molecule has 1 N–H and O–H groups in total. The summed E-state index contributed by atoms with van der Waals surface area (Å²) in [7, 11) is 1.65. The third kappa shape index (κ3) is 3.73. The van der Waals surface area contributed by atoms with Crippen LogP contribution >= 0.6 is 0 Å². The standard InChI is InChI=1S/C20H24N4O3/c1-13-21-17-12-27-18-6-4-3-5-14(18)9-16(17)20(22-13)23-15-10-19(25)24(11-15)7-8-26-2/h3-6,15H,7-12H2,1-2H3,(H,21,22,23)/t15-/m0/s1. The summed E-state index contributed by atoms with van der Waals surface area (Å²) in [6.45, 7) is 4.14. The van der Waals surface area contributed by atoms with Crippen molar-refractivity contribution in [3.63, 3.8) is 0 Å². The summed E-state index contributed by atoms with van der Waals surface area (Å²) in [5.41, 5.74) is 3.08. The van der Waals surface area contributed by atoms with Crippen LogP contribution in [-0.4, -0.2) is 53.6 Å². The lowest BCUT2D eigenvalue weighted by Crippen LogP contribution is -2.31. The molecule has 2 aromatic rings. The van der Waals surface area contributed by atoms with Gasteiger partial charge in [-0.25, -0.2) is 9.97 Å². The van der Waals surface area contributed by atoms with Gasteiger partial charge in [-0.05, 0) is 18.6 Å². The number of hydrogen-bond acceptors (Lipinski definition) is 6. The highest BCUT2D eigenvalue weighted by atomic mass is 16.5. The summed E-state index contributed by atoms with van der Waals surface area (Å²) in [6.07, 6.45) is 1.18. The molecular formula is C20H24N4O3. The fourth-order valence-electron chi connectivity index (χ4n) is 3.69. The van der Waals surface area contributed by atoms with Crippen molar-refractivity contribution < 1.29 is 14.3 Å². The second kappa shape index (κ2) is 7.52. The number of methoxy groups -OCH3 is 1. The molecule has 0 bridgehead atoms. The number of ether oxygens (including phenoxy) is 2. The second-order valence-electron chi connectivity index (χ2n) is 7.00. The molecule has 1 amide bonds. The van der Waals surface area contributed by atoms with Crippen LogP contribution in [0.4, 0.5) is 5.82 Å². The Labute approximate surface area is 158 Å². The molecule has 27 heavy (non-hydrogen) atoms. The van der Waals surface area contributed by atoms with Gasteiger partial charge in [-0.1, -0.05) is 18.2 Å². The molecule has 4 rings (SSSR count). The molecule has 0 spiro atoms. The van der Waals surface area contributed by atoms with Gasteiger partial charge in [0.15, 0.2) is 0 Å². The van der Waals surface area contributed by atoms with E-state index < -0.39 is 0 Å². The zero-order valence-electron chi connectivity index (χ0n) is 15.7. The van der Waals surface area contributed by atoms with Crippen molar-refractivity contribution in [2.45, 2.75) is 32.4 Å². The molecule has 1 saturated heterocycles. The minimum Gasteiger partial charge on any atom is -0.487 e. The van der Waals surface area contributed by atoms with Crippen molar-refractivity contribution in [3.8, 4) is 5.75 Å². The van der Waals surface area contributed by atoms with Crippen LogP contribution in [0.3, 0.4) is 0 Å². The number of rotatable bonds is 5. The van der Waals surface area contributed by atoms with E-state index in [0.29, 0.717) is 45.0 Å². The van der Waals surface area contributed by atoms with Gasteiger partial charge < -0.3 is 19.7 Å². The number of fused-ring (bicyclic) bond motifs is 2. The van der Waals surface area contributed by atoms with E-state index in [9.17, 15) is 4.79 Å². The number of aromatic nitrogens is 2. The number of nitrogens with one attached hydrogen (secondary N) is 1. The third-order valence-electron chi connectivity index (χ3n) is 5.03. The Morgan fingerprint density at radius 2 is 2.19 bits per heavy atom. The number of benzene rings is 1. The van der Waals surface area contributed by atoms with Gasteiger partial charge in [0.2, 0.25) is 5.91 Å². The van der Waals surface area contributed by atoms with Crippen molar-refractivity contribution in [1.29, 1.82) is 0 Å². The minimum atomic E-state index is 0.0344. The van der Waals surface area contributed by atoms with Crippen molar-refractivity contribution >= 4 is 11.7 Å². The number of aryl methyl sites for hydroxylation is 1. The molecule has 1 aromatic heterocycles. The molecule has 2 aliphatic rings. The molecule has 7 nitrogen and oxygen atoms in total. The van der Waals surface area contributed by atoms with Gasteiger partial charge in [-0.3, -0.25) is 4.79 Å². The zero-order chi connectivity index (χ0) is 18.8. The molecule has 1 atom stereocenters. The second-order valence-corrected chi connectivity index (χ2v) is 7.00. The largest absolute Gasteiger partial charge is 0.487 e. The first-order valence-corrected chi connectivity index (χ1v) is 9.24. The first-order valence-electron chi connectivity index (χ1n) is 9.24. The van der Waals surface area contributed by atoms with Crippen LogP contribution in [0.2, 0.25) is 0 Å². The lowest BCUT2D eigenvalue weighted by atomic mass is 10.0. The Hall–Kier alpha value is -2.67. The predicted octanol–water partition coefficient (Wildman–Crippen LogP) is 1.93. The van der Waals surface area contributed by atoms with Crippen molar-refractivity contribution in [1.82, 2.24) is 14.9 Å². The van der Waals surface area contributed by atoms with Crippen LogP contribution in [-0.2, 0) is 22.6 Å². The smallest absolute Gasteiger partial charge is 0.224 e. The number of nitrogens with zero attached hydrogens (tertiary/aromatic N) is 3.